The van der Waals surface area contributed by atoms with Crippen LogP contribution in [0.5, 0.6) is 5.75 Å². The summed E-state index contributed by atoms with van der Waals surface area (Å²) in [6.45, 7) is 4.79. The predicted octanol–water partition coefficient (Wildman–Crippen LogP) is 1.77. The Kier molecular flexibility index (Phi) is 3.71. The SMILES string of the molecule is CCCN1C[C@H]2OC[C@@H]1C[C@]2(O)c1ccccc1OC. The first-order valence-corrected chi connectivity index (χ1v) is 7.40. The van der Waals surface area contributed by atoms with Gasteiger partial charge in [-0.2, -0.15) is 0 Å². The normalized spacial score (nSPS) is 33.4. The fourth-order valence-electron chi connectivity index (χ4n) is 3.56. The first kappa shape index (κ1) is 13.9. The maximum absolute atomic E-state index is 11.2. The number of rotatable bonds is 4. The lowest BCUT2D eigenvalue weighted by Gasteiger charge is -2.53. The molecule has 0 unspecified atom stereocenters. The monoisotopic (exact) mass is 277 g/mol. The highest BCUT2D eigenvalue weighted by atomic mass is 16.5. The summed E-state index contributed by atoms with van der Waals surface area (Å²) in [7, 11) is 1.65. The maximum atomic E-state index is 11.2. The molecule has 3 heterocycles. The van der Waals surface area contributed by atoms with Gasteiger partial charge in [0.1, 0.15) is 17.5 Å². The van der Waals surface area contributed by atoms with Crippen LogP contribution in [-0.4, -0.2) is 49.0 Å². The van der Waals surface area contributed by atoms with Crippen molar-refractivity contribution in [3.8, 4) is 5.75 Å². The maximum Gasteiger partial charge on any atom is 0.125 e. The smallest absolute Gasteiger partial charge is 0.125 e. The average Bonchev–Trinajstić information content (AvgIpc) is 2.49. The Labute approximate surface area is 120 Å². The Morgan fingerprint density at radius 1 is 1.45 bits per heavy atom. The van der Waals surface area contributed by atoms with Gasteiger partial charge < -0.3 is 14.6 Å². The molecule has 0 aromatic heterocycles. The summed E-state index contributed by atoms with van der Waals surface area (Å²) in [5.74, 6) is 0.744. The number of para-hydroxylation sites is 1. The second-order valence-corrected chi connectivity index (χ2v) is 5.80. The fourth-order valence-corrected chi connectivity index (χ4v) is 3.56. The van der Waals surface area contributed by atoms with Crippen LogP contribution in [0.25, 0.3) is 0 Å². The Morgan fingerprint density at radius 2 is 2.25 bits per heavy atom. The van der Waals surface area contributed by atoms with Gasteiger partial charge in [-0.1, -0.05) is 25.1 Å². The number of hydrogen-bond donors (Lipinski definition) is 1. The van der Waals surface area contributed by atoms with Gasteiger partial charge in [0.05, 0.1) is 13.7 Å². The summed E-state index contributed by atoms with van der Waals surface area (Å²) < 4.78 is 11.3. The van der Waals surface area contributed by atoms with Crippen molar-refractivity contribution in [1.29, 1.82) is 0 Å². The van der Waals surface area contributed by atoms with E-state index in [0.29, 0.717) is 6.04 Å². The molecule has 3 aliphatic heterocycles. The third-order valence-electron chi connectivity index (χ3n) is 4.57. The first-order chi connectivity index (χ1) is 9.69. The molecule has 1 N–H and O–H groups in total. The lowest BCUT2D eigenvalue weighted by atomic mass is 9.76. The van der Waals surface area contributed by atoms with E-state index in [-0.39, 0.29) is 6.10 Å². The Bertz CT molecular complexity index is 479. The Morgan fingerprint density at radius 3 is 2.90 bits per heavy atom. The molecule has 0 radical (unpaired) electrons. The van der Waals surface area contributed by atoms with Gasteiger partial charge in [0.2, 0.25) is 0 Å². The zero-order chi connectivity index (χ0) is 14.2. The number of fused-ring (bicyclic) bond motifs is 3. The summed E-state index contributed by atoms with van der Waals surface area (Å²) in [6.07, 6.45) is 1.68. The Hall–Kier alpha value is -1.10. The van der Waals surface area contributed by atoms with E-state index >= 15 is 0 Å². The van der Waals surface area contributed by atoms with Gasteiger partial charge in [-0.15, -0.1) is 0 Å². The highest BCUT2D eigenvalue weighted by molar-refractivity contribution is 5.40. The molecule has 4 rings (SSSR count). The molecule has 2 bridgehead atoms. The highest BCUT2D eigenvalue weighted by Crippen LogP contribution is 2.44. The molecular weight excluding hydrogens is 254 g/mol. The molecule has 0 spiro atoms. The molecular formula is C16H23NO3. The third kappa shape index (κ3) is 2.12. The van der Waals surface area contributed by atoms with Crippen LogP contribution < -0.4 is 4.74 Å². The largest absolute Gasteiger partial charge is 0.496 e. The van der Waals surface area contributed by atoms with Crippen LogP contribution in [0, 0.1) is 0 Å². The number of aliphatic hydroxyl groups is 1. The van der Waals surface area contributed by atoms with E-state index in [1.807, 2.05) is 24.3 Å². The van der Waals surface area contributed by atoms with Gasteiger partial charge >= 0.3 is 0 Å². The molecule has 3 atom stereocenters. The van der Waals surface area contributed by atoms with Gasteiger partial charge in [0, 0.05) is 24.6 Å². The van der Waals surface area contributed by atoms with Crippen LogP contribution in [0.15, 0.2) is 24.3 Å². The van der Waals surface area contributed by atoms with Crippen LogP contribution in [-0.2, 0) is 10.3 Å². The standard InChI is InChI=1S/C16H23NO3/c1-3-8-17-10-15-16(18,9-12(17)11-20-15)13-6-4-5-7-14(13)19-2/h4-7,12,15,18H,3,8-11H2,1-2H3/t12-,15+,16-/m0/s1. The quantitative estimate of drug-likeness (QED) is 0.910. The topological polar surface area (TPSA) is 41.9 Å². The zero-order valence-corrected chi connectivity index (χ0v) is 12.2. The van der Waals surface area contributed by atoms with Gasteiger partial charge in [-0.3, -0.25) is 4.90 Å². The van der Waals surface area contributed by atoms with Gasteiger partial charge in [-0.25, -0.2) is 0 Å². The summed E-state index contributed by atoms with van der Waals surface area (Å²) in [4.78, 5) is 2.44. The van der Waals surface area contributed by atoms with Crippen molar-refractivity contribution >= 4 is 0 Å². The third-order valence-corrected chi connectivity index (χ3v) is 4.57. The molecule has 3 fully saturated rings. The molecule has 110 valence electrons. The van der Waals surface area contributed by atoms with Gasteiger partial charge in [0.15, 0.2) is 0 Å². The van der Waals surface area contributed by atoms with E-state index in [9.17, 15) is 5.11 Å². The average molecular weight is 277 g/mol. The minimum Gasteiger partial charge on any atom is -0.496 e. The number of hydrogen-bond acceptors (Lipinski definition) is 4. The van der Waals surface area contributed by atoms with Crippen molar-refractivity contribution in [2.45, 2.75) is 37.5 Å². The van der Waals surface area contributed by atoms with Crippen LogP contribution in [0.2, 0.25) is 0 Å². The molecule has 3 aliphatic rings. The van der Waals surface area contributed by atoms with E-state index < -0.39 is 5.60 Å². The first-order valence-electron chi connectivity index (χ1n) is 7.40. The number of methoxy groups -OCH3 is 1. The molecule has 1 aromatic carbocycles. The Balaban J connectivity index is 1.91. The second kappa shape index (κ2) is 5.35. The number of benzene rings is 1. The van der Waals surface area contributed by atoms with Crippen molar-refractivity contribution < 1.29 is 14.6 Å². The molecule has 3 saturated heterocycles. The summed E-state index contributed by atoms with van der Waals surface area (Å²) in [5.41, 5.74) is -0.0758. The molecule has 0 aliphatic carbocycles. The lowest BCUT2D eigenvalue weighted by Crippen LogP contribution is -2.65. The molecule has 0 amide bonds. The van der Waals surface area contributed by atoms with E-state index in [0.717, 1.165) is 43.9 Å². The summed E-state index contributed by atoms with van der Waals surface area (Å²) in [6, 6.07) is 8.03. The number of morpholine rings is 1. The second-order valence-electron chi connectivity index (χ2n) is 5.80. The summed E-state index contributed by atoms with van der Waals surface area (Å²) >= 11 is 0. The fraction of sp³-hybridized carbons (Fsp3) is 0.625. The van der Waals surface area contributed by atoms with Crippen LogP contribution in [0.1, 0.15) is 25.3 Å². The number of ether oxygens (including phenoxy) is 2. The zero-order valence-electron chi connectivity index (χ0n) is 12.2. The molecule has 0 saturated carbocycles. The van der Waals surface area contributed by atoms with E-state index in [1.54, 1.807) is 7.11 Å². The molecule has 4 nitrogen and oxygen atoms in total. The number of nitrogens with zero attached hydrogens (tertiary/aromatic N) is 1. The lowest BCUT2D eigenvalue weighted by molar-refractivity contribution is -0.222. The van der Waals surface area contributed by atoms with Gasteiger partial charge in [0.25, 0.3) is 0 Å². The van der Waals surface area contributed by atoms with Crippen molar-refractivity contribution in [3.05, 3.63) is 29.8 Å². The van der Waals surface area contributed by atoms with Crippen molar-refractivity contribution in [3.63, 3.8) is 0 Å². The van der Waals surface area contributed by atoms with Crippen LogP contribution >= 0.6 is 0 Å². The molecule has 4 heteroatoms. The van der Waals surface area contributed by atoms with E-state index in [4.69, 9.17) is 9.47 Å². The van der Waals surface area contributed by atoms with Crippen LogP contribution in [0.3, 0.4) is 0 Å². The van der Waals surface area contributed by atoms with E-state index in [2.05, 4.69) is 11.8 Å². The van der Waals surface area contributed by atoms with Gasteiger partial charge in [-0.05, 0) is 19.0 Å². The minimum absolute atomic E-state index is 0.171. The van der Waals surface area contributed by atoms with Crippen molar-refractivity contribution in [2.24, 2.45) is 0 Å². The van der Waals surface area contributed by atoms with Crippen molar-refractivity contribution in [2.75, 3.05) is 26.8 Å². The van der Waals surface area contributed by atoms with Crippen molar-refractivity contribution in [1.82, 2.24) is 4.90 Å². The predicted molar refractivity (Wildman–Crippen MR) is 76.9 cm³/mol. The minimum atomic E-state index is -0.931. The molecule has 1 aromatic rings. The highest BCUT2D eigenvalue weighted by Gasteiger charge is 2.52. The van der Waals surface area contributed by atoms with E-state index in [1.165, 1.54) is 0 Å². The van der Waals surface area contributed by atoms with Crippen LogP contribution in [0.4, 0.5) is 0 Å². The number of piperidine rings is 1. The molecule has 20 heavy (non-hydrogen) atoms. The summed E-state index contributed by atoms with van der Waals surface area (Å²) in [5, 5.41) is 11.2.